The summed E-state index contributed by atoms with van der Waals surface area (Å²) in [5.74, 6) is 0. The summed E-state index contributed by atoms with van der Waals surface area (Å²) in [6.07, 6.45) is 1.75. The molecule has 8 heavy (non-hydrogen) atoms. The number of allylic oxidation sites excluding steroid dienone is 1. The molecule has 0 unspecified atom stereocenters. The molecule has 0 aromatic heterocycles. The van der Waals surface area contributed by atoms with Crippen molar-refractivity contribution in [2.24, 2.45) is 0 Å². The van der Waals surface area contributed by atoms with E-state index in [1.54, 1.807) is 6.08 Å². The zero-order valence-corrected chi connectivity index (χ0v) is 6.59. The van der Waals surface area contributed by atoms with Gasteiger partial charge in [-0.05, 0) is 6.92 Å². The van der Waals surface area contributed by atoms with E-state index in [1.807, 2.05) is 6.92 Å². The van der Waals surface area contributed by atoms with Crippen molar-refractivity contribution >= 4 is 29.6 Å². The molecule has 0 N–H and O–H groups in total. The van der Waals surface area contributed by atoms with Crippen LogP contribution in [0.4, 0.5) is 0 Å². The lowest BCUT2D eigenvalue weighted by Gasteiger charge is -1.61. The molecule has 0 atom stereocenters. The highest BCUT2D eigenvalue weighted by Crippen LogP contribution is 1.98. The van der Waals surface area contributed by atoms with Gasteiger partial charge in [0.2, 0.25) is 0 Å². The molecule has 0 spiro atoms. The molecule has 0 saturated heterocycles. The summed E-state index contributed by atoms with van der Waals surface area (Å²) < 4.78 is 18.3. The average Bonchev–Trinajstić information content (AvgIpc) is 1.27. The van der Waals surface area contributed by atoms with Gasteiger partial charge in [0.25, 0.3) is 0 Å². The van der Waals surface area contributed by atoms with Gasteiger partial charge in [-0.3, -0.25) is 0 Å². The summed E-state index contributed by atoms with van der Waals surface area (Å²) in [6.45, 7) is 5.25. The third-order valence-electron chi connectivity index (χ3n) is 0. The second-order valence-corrected chi connectivity index (χ2v) is 4.45. The van der Waals surface area contributed by atoms with Crippen LogP contribution in [0.5, 0.6) is 0 Å². The van der Waals surface area contributed by atoms with Gasteiger partial charge in [0.05, 0.1) is 0 Å². The first-order valence-corrected chi connectivity index (χ1v) is 4.76. The Morgan fingerprint density at radius 1 is 1.50 bits per heavy atom. The van der Waals surface area contributed by atoms with E-state index < -0.39 is 8.26 Å². The van der Waals surface area contributed by atoms with Crippen LogP contribution in [-0.4, -0.2) is 8.42 Å². The smallest absolute Gasteiger partial charge is 0.195 e. The molecule has 2 nitrogen and oxygen atoms in total. The van der Waals surface area contributed by atoms with Crippen molar-refractivity contribution in [1.29, 1.82) is 0 Å². The molecule has 0 rings (SSSR count). The van der Waals surface area contributed by atoms with E-state index in [2.05, 4.69) is 27.9 Å². The van der Waals surface area contributed by atoms with Gasteiger partial charge in [-0.1, -0.05) is 6.08 Å². The normalized spacial score (nSPS) is 8.88. The highest BCUT2D eigenvalue weighted by Gasteiger charge is 1.88. The fraction of sp³-hybridized carbons (Fsp3) is 0.333. The van der Waals surface area contributed by atoms with E-state index in [0.29, 0.717) is 0 Å². The first-order chi connectivity index (χ1) is 3.41. The van der Waals surface area contributed by atoms with E-state index in [-0.39, 0.29) is 0 Å². The predicted molar refractivity (Wildman–Crippen MR) is 36.5 cm³/mol. The van der Waals surface area contributed by atoms with Gasteiger partial charge in [-0.15, -0.1) is 6.58 Å². The van der Waals surface area contributed by atoms with Crippen LogP contribution in [0.3, 0.4) is 0 Å². The van der Waals surface area contributed by atoms with Crippen molar-refractivity contribution in [2.45, 2.75) is 6.92 Å². The zero-order chi connectivity index (χ0) is 7.21. The monoisotopic (exact) mass is 176 g/mol. The molecular weight excluding hydrogens is 171 g/mol. The lowest BCUT2D eigenvalue weighted by Crippen LogP contribution is -1.63. The van der Waals surface area contributed by atoms with Crippen LogP contribution in [0.15, 0.2) is 12.7 Å². The topological polar surface area (TPSA) is 34.1 Å². The van der Waals surface area contributed by atoms with E-state index in [9.17, 15) is 0 Å². The maximum absolute atomic E-state index is 9.16. The van der Waals surface area contributed by atoms with E-state index >= 15 is 0 Å². The zero-order valence-electron chi connectivity index (χ0n) is 4.27. The van der Waals surface area contributed by atoms with Gasteiger partial charge in [0.1, 0.15) is 0 Å². The standard InChI is InChI=1S/C3H6.Cl2O2S/c1-3-2;1-5(2,3)4/h3H,1H2,2H3;. The first-order valence-electron chi connectivity index (χ1n) is 1.63. The first kappa shape index (κ1) is 11.1. The maximum Gasteiger partial charge on any atom is 0.317 e. The minimum Gasteiger partial charge on any atom is -0.195 e. The Morgan fingerprint density at radius 3 is 1.50 bits per heavy atom. The molecule has 0 aromatic rings. The van der Waals surface area contributed by atoms with Gasteiger partial charge < -0.3 is 0 Å². The summed E-state index contributed by atoms with van der Waals surface area (Å²) in [4.78, 5) is 0. The lowest BCUT2D eigenvalue weighted by molar-refractivity contribution is 0.621. The largest absolute Gasteiger partial charge is 0.317 e. The predicted octanol–water partition coefficient (Wildman–Crippen LogP) is 1.90. The van der Waals surface area contributed by atoms with E-state index in [4.69, 9.17) is 8.42 Å². The summed E-state index contributed by atoms with van der Waals surface area (Å²) in [6, 6.07) is 0. The Kier molecular flexibility index (Phi) is 7.52. The molecule has 0 radical (unpaired) electrons. The average molecular weight is 177 g/mol. The van der Waals surface area contributed by atoms with Crippen molar-refractivity contribution in [2.75, 3.05) is 0 Å². The fourth-order valence-electron chi connectivity index (χ4n) is 0. The molecule has 0 aliphatic heterocycles. The van der Waals surface area contributed by atoms with Gasteiger partial charge >= 0.3 is 8.26 Å². The maximum atomic E-state index is 9.16. The highest BCUT2D eigenvalue weighted by atomic mass is 36.0. The van der Waals surface area contributed by atoms with Crippen molar-refractivity contribution < 1.29 is 8.42 Å². The molecule has 0 fully saturated rings. The van der Waals surface area contributed by atoms with E-state index in [0.717, 1.165) is 0 Å². The number of halogens is 2. The Morgan fingerprint density at radius 2 is 1.50 bits per heavy atom. The van der Waals surface area contributed by atoms with Crippen LogP contribution in [0.25, 0.3) is 0 Å². The second kappa shape index (κ2) is 5.41. The van der Waals surface area contributed by atoms with Crippen molar-refractivity contribution in [3.05, 3.63) is 12.7 Å². The number of rotatable bonds is 0. The van der Waals surface area contributed by atoms with Crippen molar-refractivity contribution in [1.82, 2.24) is 0 Å². The molecule has 0 bridgehead atoms. The van der Waals surface area contributed by atoms with Crippen LogP contribution < -0.4 is 0 Å². The third kappa shape index (κ3) is 2390. The number of hydrogen-bond donors (Lipinski definition) is 0. The molecule has 0 heterocycles. The Balaban J connectivity index is 0. The molecule has 0 aliphatic rings. The van der Waals surface area contributed by atoms with Crippen molar-refractivity contribution in [3.8, 4) is 0 Å². The van der Waals surface area contributed by atoms with Crippen LogP contribution in [0, 0.1) is 0 Å². The van der Waals surface area contributed by atoms with Crippen LogP contribution >= 0.6 is 21.4 Å². The van der Waals surface area contributed by atoms with Crippen LogP contribution in [0.1, 0.15) is 6.92 Å². The summed E-state index contributed by atoms with van der Waals surface area (Å²) in [5.41, 5.74) is 0. The van der Waals surface area contributed by atoms with Gasteiger partial charge in [-0.25, -0.2) is 0 Å². The fourth-order valence-corrected chi connectivity index (χ4v) is 0. The highest BCUT2D eigenvalue weighted by molar-refractivity contribution is 8.31. The molecule has 0 amide bonds. The lowest BCUT2D eigenvalue weighted by atomic mass is 10.8. The van der Waals surface area contributed by atoms with Gasteiger partial charge in [0.15, 0.2) is 0 Å². The minimum atomic E-state index is -3.72. The molecule has 0 aromatic carbocycles. The Bertz CT molecular complexity index is 129. The van der Waals surface area contributed by atoms with E-state index in [1.165, 1.54) is 0 Å². The summed E-state index contributed by atoms with van der Waals surface area (Å²) in [5, 5.41) is 0. The summed E-state index contributed by atoms with van der Waals surface area (Å²) in [7, 11) is 4.81. The third-order valence-corrected chi connectivity index (χ3v) is 0. The summed E-state index contributed by atoms with van der Waals surface area (Å²) >= 11 is 0. The Hall–Kier alpha value is 0.270. The molecule has 50 valence electrons. The minimum absolute atomic E-state index is 1.75. The molecule has 0 aliphatic carbocycles. The Labute approximate surface area is 58.0 Å². The van der Waals surface area contributed by atoms with Gasteiger partial charge in [0, 0.05) is 21.4 Å². The van der Waals surface area contributed by atoms with Crippen LogP contribution in [0.2, 0.25) is 0 Å². The van der Waals surface area contributed by atoms with Crippen LogP contribution in [-0.2, 0) is 8.26 Å². The number of hydrogen-bond acceptors (Lipinski definition) is 2. The second-order valence-electron chi connectivity index (χ2n) is 0.787. The molecule has 5 heteroatoms. The van der Waals surface area contributed by atoms with Crippen molar-refractivity contribution in [3.63, 3.8) is 0 Å². The SMILES string of the molecule is C=CC.O=S(=O)(Cl)Cl. The van der Waals surface area contributed by atoms with Gasteiger partial charge in [-0.2, -0.15) is 8.42 Å². The quantitative estimate of drug-likeness (QED) is 0.418. The molecular formula is C3H6Cl2O2S. The molecule has 0 saturated carbocycles.